The number of carbonyl (C=O) groups excluding carboxylic acids is 4. The molecular weight excluding hydrogens is 512 g/mol. The Morgan fingerprint density at radius 1 is 0.375 bits per heavy atom. The second kappa shape index (κ2) is 12.1. The number of Topliss-reactive ketones (excluding diaryl/α,β-unsaturated/α-hetero) is 4. The number of hydrogen-bond acceptors (Lipinski definition) is 8. The highest BCUT2D eigenvalue weighted by molar-refractivity contribution is 6.50. The lowest BCUT2D eigenvalue weighted by Gasteiger charge is -2.09. The number of hydrogen-bond donors (Lipinski definition) is 0. The van der Waals surface area contributed by atoms with Crippen LogP contribution in [0.1, 0.15) is 41.4 Å². The van der Waals surface area contributed by atoms with E-state index in [2.05, 4.69) is 0 Å². The van der Waals surface area contributed by atoms with Crippen LogP contribution in [0.4, 0.5) is 0 Å². The molecule has 0 atom stereocenters. The van der Waals surface area contributed by atoms with Gasteiger partial charge < -0.3 is 18.9 Å². The molecule has 0 N–H and O–H groups in total. The number of rotatable bonds is 11. The molecule has 0 amide bonds. The smallest absolute Gasteiger partial charge is 0.233 e. The zero-order valence-corrected chi connectivity index (χ0v) is 22.3. The van der Waals surface area contributed by atoms with Crippen LogP contribution in [0.15, 0.2) is 84.9 Å². The summed E-state index contributed by atoms with van der Waals surface area (Å²) in [6, 6.07) is 22.2. The van der Waals surface area contributed by atoms with Crippen molar-refractivity contribution in [3.63, 3.8) is 0 Å². The van der Waals surface area contributed by atoms with Crippen molar-refractivity contribution >= 4 is 23.1 Å². The van der Waals surface area contributed by atoms with E-state index in [4.69, 9.17) is 18.9 Å². The van der Waals surface area contributed by atoms with Crippen molar-refractivity contribution in [1.82, 2.24) is 0 Å². The lowest BCUT2D eigenvalue weighted by molar-refractivity contribution is 0.0816. The summed E-state index contributed by atoms with van der Waals surface area (Å²) in [6.45, 7) is 0. The highest BCUT2D eigenvalue weighted by atomic mass is 16.5. The fourth-order valence-corrected chi connectivity index (χ4v) is 4.03. The minimum absolute atomic E-state index is 0.160. The summed E-state index contributed by atoms with van der Waals surface area (Å²) in [5.41, 5.74) is 2.29. The third-order valence-corrected chi connectivity index (χ3v) is 6.27. The summed E-state index contributed by atoms with van der Waals surface area (Å²) in [4.78, 5) is 51.4. The summed E-state index contributed by atoms with van der Waals surface area (Å²) < 4.78 is 20.7. The Morgan fingerprint density at radius 3 is 0.875 bits per heavy atom. The maximum atomic E-state index is 12.9. The predicted molar refractivity (Wildman–Crippen MR) is 148 cm³/mol. The lowest BCUT2D eigenvalue weighted by Crippen LogP contribution is -2.15. The van der Waals surface area contributed by atoms with Gasteiger partial charge in [-0.25, -0.2) is 0 Å². The number of methoxy groups -OCH3 is 4. The zero-order valence-electron chi connectivity index (χ0n) is 22.3. The highest BCUT2D eigenvalue weighted by Crippen LogP contribution is 2.26. The van der Waals surface area contributed by atoms with Crippen molar-refractivity contribution in [3.05, 3.63) is 107 Å². The molecule has 0 aromatic heterocycles. The van der Waals surface area contributed by atoms with Gasteiger partial charge in [0.15, 0.2) is 0 Å². The molecule has 0 fully saturated rings. The second-order valence-corrected chi connectivity index (χ2v) is 8.67. The van der Waals surface area contributed by atoms with E-state index in [-0.39, 0.29) is 22.3 Å². The van der Waals surface area contributed by atoms with Gasteiger partial charge in [0.05, 0.1) is 28.4 Å². The largest absolute Gasteiger partial charge is 0.497 e. The molecule has 4 aromatic carbocycles. The minimum Gasteiger partial charge on any atom is -0.497 e. The molecule has 0 bridgehead atoms. The molecule has 8 nitrogen and oxygen atoms in total. The van der Waals surface area contributed by atoms with Crippen LogP contribution in [0.3, 0.4) is 0 Å². The molecule has 0 saturated heterocycles. The second-order valence-electron chi connectivity index (χ2n) is 8.67. The summed E-state index contributed by atoms with van der Waals surface area (Å²) in [5.74, 6) is -1.12. The number of carbonyl (C=O) groups is 4. The fraction of sp³-hybridized carbons (Fsp3) is 0.125. The summed E-state index contributed by atoms with van der Waals surface area (Å²) in [7, 11) is 5.84. The standard InChI is InChI=1S/C32H26O8/c1-37-25-13-23(14-26(17-25)38-2)31(35)29(33)21-9-5-19(6-10-21)20-7-11-22(12-8-20)30(34)32(36)24-15-27(39-3)18-28(16-24)40-4/h5-18H,1-4H3. The molecule has 4 rings (SSSR count). The molecule has 0 radical (unpaired) electrons. The van der Waals surface area contributed by atoms with Crippen molar-refractivity contribution in [2.24, 2.45) is 0 Å². The lowest BCUT2D eigenvalue weighted by atomic mass is 9.96. The first-order valence-corrected chi connectivity index (χ1v) is 12.1. The number of benzene rings is 4. The first-order valence-electron chi connectivity index (χ1n) is 12.1. The maximum absolute atomic E-state index is 12.9. The average molecular weight is 539 g/mol. The molecule has 202 valence electrons. The first-order chi connectivity index (χ1) is 19.3. The Morgan fingerprint density at radius 2 is 0.625 bits per heavy atom. The summed E-state index contributed by atoms with van der Waals surface area (Å²) in [6.07, 6.45) is 0. The Balaban J connectivity index is 1.50. The van der Waals surface area contributed by atoms with Gasteiger partial charge in [0.25, 0.3) is 0 Å². The van der Waals surface area contributed by atoms with Crippen LogP contribution in [-0.2, 0) is 0 Å². The van der Waals surface area contributed by atoms with E-state index in [0.717, 1.165) is 11.1 Å². The van der Waals surface area contributed by atoms with Gasteiger partial charge >= 0.3 is 0 Å². The van der Waals surface area contributed by atoms with Crippen LogP contribution in [-0.4, -0.2) is 51.6 Å². The minimum atomic E-state index is -0.689. The third kappa shape index (κ3) is 5.91. The van der Waals surface area contributed by atoms with Crippen molar-refractivity contribution in [1.29, 1.82) is 0 Å². The van der Waals surface area contributed by atoms with E-state index in [9.17, 15) is 19.2 Å². The predicted octanol–water partition coefficient (Wildman–Crippen LogP) is 5.52. The Bertz CT molecular complexity index is 1420. The van der Waals surface area contributed by atoms with Crippen LogP contribution in [0, 0.1) is 0 Å². The molecule has 4 aromatic rings. The summed E-state index contributed by atoms with van der Waals surface area (Å²) >= 11 is 0. The highest BCUT2D eigenvalue weighted by Gasteiger charge is 2.22. The SMILES string of the molecule is COc1cc(OC)cc(C(=O)C(=O)c2ccc(-c3ccc(C(=O)C(=O)c4cc(OC)cc(OC)c4)cc3)cc2)c1. The quantitative estimate of drug-likeness (QED) is 0.182. The van der Waals surface area contributed by atoms with Crippen molar-refractivity contribution in [2.75, 3.05) is 28.4 Å². The van der Waals surface area contributed by atoms with Gasteiger partial charge in [-0.3, -0.25) is 19.2 Å². The van der Waals surface area contributed by atoms with Gasteiger partial charge in [0.2, 0.25) is 23.1 Å². The Labute approximate surface area is 231 Å². The van der Waals surface area contributed by atoms with Crippen molar-refractivity contribution in [3.8, 4) is 34.1 Å². The van der Waals surface area contributed by atoms with E-state index in [1.165, 1.54) is 52.7 Å². The normalized spacial score (nSPS) is 10.4. The van der Waals surface area contributed by atoms with Crippen LogP contribution in [0.25, 0.3) is 11.1 Å². The number of ether oxygens (including phenoxy) is 4. The van der Waals surface area contributed by atoms with Gasteiger partial charge in [-0.15, -0.1) is 0 Å². The Hall–Kier alpha value is -5.24. The average Bonchev–Trinajstić information content (AvgIpc) is 3.02. The van der Waals surface area contributed by atoms with E-state index < -0.39 is 23.1 Å². The molecule has 0 saturated carbocycles. The maximum Gasteiger partial charge on any atom is 0.233 e. The first kappa shape index (κ1) is 27.8. The summed E-state index contributed by atoms with van der Waals surface area (Å²) in [5, 5.41) is 0. The van der Waals surface area contributed by atoms with E-state index in [1.54, 1.807) is 60.7 Å². The van der Waals surface area contributed by atoms with Crippen LogP contribution in [0.5, 0.6) is 23.0 Å². The fourth-order valence-electron chi connectivity index (χ4n) is 4.03. The van der Waals surface area contributed by atoms with Crippen LogP contribution >= 0.6 is 0 Å². The molecule has 8 heteroatoms. The topological polar surface area (TPSA) is 105 Å². The zero-order chi connectivity index (χ0) is 28.8. The number of ketones is 4. The van der Waals surface area contributed by atoms with E-state index in [1.807, 2.05) is 0 Å². The van der Waals surface area contributed by atoms with E-state index >= 15 is 0 Å². The third-order valence-electron chi connectivity index (χ3n) is 6.27. The monoisotopic (exact) mass is 538 g/mol. The Kier molecular flexibility index (Phi) is 8.39. The molecular formula is C32H26O8. The molecule has 0 unspecified atom stereocenters. The van der Waals surface area contributed by atoms with E-state index in [0.29, 0.717) is 23.0 Å². The molecule has 40 heavy (non-hydrogen) atoms. The molecule has 0 aliphatic heterocycles. The van der Waals surface area contributed by atoms with Crippen molar-refractivity contribution in [2.45, 2.75) is 0 Å². The molecule has 0 aliphatic carbocycles. The van der Waals surface area contributed by atoms with Gasteiger partial charge in [-0.1, -0.05) is 48.5 Å². The molecule has 0 spiro atoms. The van der Waals surface area contributed by atoms with Gasteiger partial charge in [-0.2, -0.15) is 0 Å². The van der Waals surface area contributed by atoms with Gasteiger partial charge in [0.1, 0.15) is 23.0 Å². The van der Waals surface area contributed by atoms with Gasteiger partial charge in [-0.05, 0) is 35.4 Å². The van der Waals surface area contributed by atoms with Gasteiger partial charge in [0, 0.05) is 34.4 Å². The molecule has 0 heterocycles. The van der Waals surface area contributed by atoms with Crippen LogP contribution in [0.2, 0.25) is 0 Å². The molecule has 0 aliphatic rings. The van der Waals surface area contributed by atoms with Crippen molar-refractivity contribution < 1.29 is 38.1 Å². The van der Waals surface area contributed by atoms with Crippen LogP contribution < -0.4 is 18.9 Å².